The molecular formula is C64H39IrN10O. The van der Waals surface area contributed by atoms with Crippen LogP contribution in [0.2, 0.25) is 0 Å². The monoisotopic (exact) mass is 1160 g/mol. The summed E-state index contributed by atoms with van der Waals surface area (Å²) in [6.45, 7) is 0. The molecule has 11 nitrogen and oxygen atoms in total. The molecule has 0 amide bonds. The van der Waals surface area contributed by atoms with Crippen molar-refractivity contribution in [1.82, 2.24) is 49.0 Å². The second-order valence-corrected chi connectivity index (χ2v) is 17.5. The van der Waals surface area contributed by atoms with Crippen molar-refractivity contribution >= 4 is 65.7 Å². The van der Waals surface area contributed by atoms with Gasteiger partial charge in [-0.2, -0.15) is 0 Å². The summed E-state index contributed by atoms with van der Waals surface area (Å²) in [6.07, 6.45) is 19.5. The van der Waals surface area contributed by atoms with E-state index in [4.69, 9.17) is 4.42 Å². The van der Waals surface area contributed by atoms with Gasteiger partial charge in [-0.15, -0.1) is 18.2 Å². The van der Waals surface area contributed by atoms with Crippen LogP contribution in [0.25, 0.3) is 122 Å². The topological polar surface area (TPSA) is 126 Å². The van der Waals surface area contributed by atoms with E-state index in [0.29, 0.717) is 5.71 Å². The largest absolute Gasteiger partial charge is 3.00 e. The molecule has 0 aliphatic rings. The van der Waals surface area contributed by atoms with Gasteiger partial charge in [0, 0.05) is 75.7 Å². The Labute approximate surface area is 449 Å². The third-order valence-corrected chi connectivity index (χ3v) is 13.1. The van der Waals surface area contributed by atoms with Crippen molar-refractivity contribution in [2.24, 2.45) is 0 Å². The van der Waals surface area contributed by atoms with Gasteiger partial charge in [-0.3, -0.25) is 0 Å². The maximum atomic E-state index is 6.05. The molecule has 6 aromatic carbocycles. The number of rotatable bonds is 6. The molecular weight excluding hydrogens is 1120 g/mol. The number of nitrogens with zero attached hydrogens (tertiary/aromatic N) is 10. The van der Waals surface area contributed by atoms with Crippen LogP contribution in [-0.2, 0) is 20.1 Å². The van der Waals surface area contributed by atoms with E-state index < -0.39 is 0 Å². The summed E-state index contributed by atoms with van der Waals surface area (Å²) in [5.74, 6) is 0. The summed E-state index contributed by atoms with van der Waals surface area (Å²) in [5.41, 5.74) is 15.3. The van der Waals surface area contributed by atoms with Crippen LogP contribution in [0.3, 0.4) is 0 Å². The predicted molar refractivity (Wildman–Crippen MR) is 296 cm³/mol. The molecule has 9 heterocycles. The van der Waals surface area contributed by atoms with Crippen LogP contribution >= 0.6 is 0 Å². The zero-order chi connectivity index (χ0) is 49.9. The van der Waals surface area contributed by atoms with E-state index in [1.54, 1.807) is 24.8 Å². The molecule has 0 aliphatic heterocycles. The fourth-order valence-electron chi connectivity index (χ4n) is 9.80. The number of benzene rings is 6. The number of hydrogen-bond donors (Lipinski definition) is 0. The molecule has 15 rings (SSSR count). The molecule has 0 atom stereocenters. The van der Waals surface area contributed by atoms with Gasteiger partial charge in [-0.1, -0.05) is 156 Å². The number of pyridine rings is 4. The van der Waals surface area contributed by atoms with E-state index in [0.717, 1.165) is 72.6 Å². The van der Waals surface area contributed by atoms with Gasteiger partial charge in [0.2, 0.25) is 5.71 Å². The van der Waals surface area contributed by atoms with Gasteiger partial charge in [0.05, 0.1) is 27.6 Å². The fourth-order valence-corrected chi connectivity index (χ4v) is 9.80. The first-order valence-corrected chi connectivity index (χ1v) is 24.2. The van der Waals surface area contributed by atoms with E-state index in [2.05, 4.69) is 183 Å². The molecule has 15 aromatic rings. The Bertz CT molecular complexity index is 4200. The quantitative estimate of drug-likeness (QED) is 0.150. The fraction of sp³-hybridized carbons (Fsp3) is 0. The van der Waals surface area contributed by atoms with Gasteiger partial charge >= 0.3 is 20.1 Å². The van der Waals surface area contributed by atoms with Crippen LogP contribution in [-0.4, -0.2) is 49.0 Å². The van der Waals surface area contributed by atoms with Crippen molar-refractivity contribution in [1.29, 1.82) is 0 Å². The molecule has 0 bridgehead atoms. The molecule has 0 spiro atoms. The van der Waals surface area contributed by atoms with Crippen LogP contribution in [0.5, 0.6) is 0 Å². The smallest absolute Gasteiger partial charge is 0.486 e. The summed E-state index contributed by atoms with van der Waals surface area (Å²) in [7, 11) is 0. The summed E-state index contributed by atoms with van der Waals surface area (Å²) >= 11 is 0. The van der Waals surface area contributed by atoms with Gasteiger partial charge in [-0.05, 0) is 95.2 Å². The molecule has 12 heteroatoms. The standard InChI is InChI=1S/C22H13N2O.2C21H13N4.Ir/c1-2-7-15(8-3-1)16-11-5-13-23-20(16)19-10-4-9-17-18-12-6-14-24-22(18)25-21(17)19;2*1-3-7-20-17(5-1)18-6-2-4-8-21(18)25(20)16-9-10-24-19(11-16)15-12-22-14-23-13-15;/h1-9,11-14H;2*1-12,14H;/q3*-1;+3. The van der Waals surface area contributed by atoms with Crippen molar-refractivity contribution in [3.63, 3.8) is 0 Å². The van der Waals surface area contributed by atoms with Crippen LogP contribution < -0.4 is 0 Å². The Morgan fingerprint density at radius 1 is 0.421 bits per heavy atom. The minimum Gasteiger partial charge on any atom is -0.486 e. The van der Waals surface area contributed by atoms with Gasteiger partial charge in [0.25, 0.3) is 0 Å². The Balaban J connectivity index is 0.000000114. The Hall–Kier alpha value is -9.87. The third-order valence-electron chi connectivity index (χ3n) is 13.1. The average molecular weight is 1160 g/mol. The van der Waals surface area contributed by atoms with E-state index in [9.17, 15) is 0 Å². The molecule has 76 heavy (non-hydrogen) atoms. The van der Waals surface area contributed by atoms with Crippen molar-refractivity contribution in [2.45, 2.75) is 0 Å². The molecule has 0 saturated heterocycles. The van der Waals surface area contributed by atoms with Gasteiger partial charge < -0.3 is 48.4 Å². The predicted octanol–water partition coefficient (Wildman–Crippen LogP) is 14.4. The molecule has 0 unspecified atom stereocenters. The van der Waals surface area contributed by atoms with Gasteiger partial charge in [0.15, 0.2) is 0 Å². The first kappa shape index (κ1) is 47.2. The first-order chi connectivity index (χ1) is 37.2. The maximum absolute atomic E-state index is 6.05. The minimum atomic E-state index is 0. The summed E-state index contributed by atoms with van der Waals surface area (Å²) < 4.78 is 10.6. The van der Waals surface area contributed by atoms with Crippen LogP contribution in [0, 0.1) is 18.5 Å². The molecule has 0 radical (unpaired) electrons. The number of hydrogen-bond acceptors (Lipinski definition) is 9. The van der Waals surface area contributed by atoms with Crippen LogP contribution in [0.15, 0.2) is 242 Å². The zero-order valence-corrected chi connectivity index (χ0v) is 42.6. The number of furan rings is 1. The molecule has 0 fully saturated rings. The molecule has 0 saturated carbocycles. The molecule has 360 valence electrons. The van der Waals surface area contributed by atoms with E-state index in [1.165, 1.54) is 56.3 Å². The molecule has 0 aliphatic carbocycles. The number of fused-ring (bicyclic) bond motifs is 9. The molecule has 9 aromatic heterocycles. The van der Waals surface area contributed by atoms with Crippen molar-refractivity contribution in [3.8, 4) is 56.3 Å². The zero-order valence-electron chi connectivity index (χ0n) is 40.2. The van der Waals surface area contributed by atoms with Crippen molar-refractivity contribution < 1.29 is 24.5 Å². The Morgan fingerprint density at radius 3 is 1.43 bits per heavy atom. The van der Waals surface area contributed by atoms with Crippen molar-refractivity contribution in [2.75, 3.05) is 0 Å². The second kappa shape index (κ2) is 20.9. The van der Waals surface area contributed by atoms with Gasteiger partial charge in [0.1, 0.15) is 0 Å². The number of aromatic nitrogens is 10. The minimum absolute atomic E-state index is 0. The molecule has 0 N–H and O–H groups in total. The average Bonchev–Trinajstić information content (AvgIpc) is 4.20. The summed E-state index contributed by atoms with van der Waals surface area (Å²) in [4.78, 5) is 33.9. The summed E-state index contributed by atoms with van der Waals surface area (Å²) in [5, 5.41) is 7.00. The van der Waals surface area contributed by atoms with Crippen LogP contribution in [0.1, 0.15) is 0 Å². The SMILES string of the molecule is [Ir+3].[c-]1ccc2c(oc3ncccc32)c1-c1ncccc1-c1ccccc1.[c-]1ncncc1-c1cc(-n2c3ccccc3c3ccccc32)ccn1.[c-]1ncncc1-c1cc(-n2c3ccccc3c3ccccc32)ccn1. The first-order valence-electron chi connectivity index (χ1n) is 24.2. The van der Waals surface area contributed by atoms with Crippen molar-refractivity contribution in [3.05, 3.63) is 256 Å². The third kappa shape index (κ3) is 8.83. The number of para-hydroxylation sites is 4. The van der Waals surface area contributed by atoms with Gasteiger partial charge in [-0.25, -0.2) is 4.98 Å². The van der Waals surface area contributed by atoms with Crippen LogP contribution in [0.4, 0.5) is 0 Å². The normalized spacial score (nSPS) is 11.1. The maximum Gasteiger partial charge on any atom is 3.00 e. The summed E-state index contributed by atoms with van der Waals surface area (Å²) in [6, 6.07) is 67.4. The second-order valence-electron chi connectivity index (χ2n) is 17.5. The van der Waals surface area contributed by atoms with E-state index in [1.807, 2.05) is 85.2 Å². The Morgan fingerprint density at radius 2 is 0.908 bits per heavy atom. The van der Waals surface area contributed by atoms with E-state index >= 15 is 0 Å². The van der Waals surface area contributed by atoms with E-state index in [-0.39, 0.29) is 20.1 Å². The Kier molecular flexibility index (Phi) is 13.0.